The number of aromatic nitrogens is 1. The van der Waals surface area contributed by atoms with Crippen LogP contribution in [0.5, 0.6) is 17.2 Å². The number of ether oxygens (including phenoxy) is 2. The van der Waals surface area contributed by atoms with Crippen molar-refractivity contribution in [2.75, 3.05) is 7.11 Å². The van der Waals surface area contributed by atoms with Crippen LogP contribution in [-0.4, -0.2) is 25.7 Å². The van der Waals surface area contributed by atoms with Crippen molar-refractivity contribution in [2.45, 2.75) is 31.3 Å². The lowest BCUT2D eigenvalue weighted by Crippen LogP contribution is -2.28. The molecule has 0 atom stereocenters. The van der Waals surface area contributed by atoms with E-state index in [1.807, 2.05) is 44.5 Å². The first-order valence-corrected chi connectivity index (χ1v) is 12.5. The summed E-state index contributed by atoms with van der Waals surface area (Å²) >= 11 is 0. The van der Waals surface area contributed by atoms with E-state index in [1.54, 1.807) is 30.3 Å². The Morgan fingerprint density at radius 1 is 1.03 bits per heavy atom. The Labute approximate surface area is 203 Å². The molecule has 0 N–H and O–H groups in total. The highest BCUT2D eigenvalue weighted by Crippen LogP contribution is 2.41. The van der Waals surface area contributed by atoms with Gasteiger partial charge in [-0.25, -0.2) is 0 Å². The van der Waals surface area contributed by atoms with E-state index in [0.29, 0.717) is 33.5 Å². The molecule has 0 bridgehead atoms. The number of benzene rings is 3. The van der Waals surface area contributed by atoms with Crippen molar-refractivity contribution >= 4 is 38.0 Å². The lowest BCUT2D eigenvalue weighted by molar-refractivity contribution is 0.159. The summed E-state index contributed by atoms with van der Waals surface area (Å²) < 4.78 is 45.4. The summed E-state index contributed by atoms with van der Waals surface area (Å²) in [7, 11) is -0.873. The Morgan fingerprint density at radius 3 is 2.43 bits per heavy atom. The number of methoxy groups -OCH3 is 1. The van der Waals surface area contributed by atoms with Crippen LogP contribution in [0.25, 0.3) is 27.9 Å². The maximum Gasteiger partial charge on any atom is 0.339 e. The Morgan fingerprint density at radius 2 is 1.74 bits per heavy atom. The normalized spacial score (nSPS) is 14.5. The molecular weight excluding hydrogens is 466 g/mol. The fourth-order valence-corrected chi connectivity index (χ4v) is 5.29. The number of pyridine rings is 1. The van der Waals surface area contributed by atoms with Crippen molar-refractivity contribution < 1.29 is 22.1 Å². The van der Waals surface area contributed by atoms with Crippen LogP contribution < -0.4 is 19.1 Å². The molecule has 8 heteroatoms. The zero-order valence-electron chi connectivity index (χ0n) is 20.1. The van der Waals surface area contributed by atoms with Crippen LogP contribution >= 0.6 is 0 Å². The van der Waals surface area contributed by atoms with Gasteiger partial charge in [0.05, 0.1) is 28.9 Å². The van der Waals surface area contributed by atoms with Crippen LogP contribution in [-0.2, 0) is 17.2 Å². The van der Waals surface area contributed by atoms with Crippen molar-refractivity contribution in [3.05, 3.63) is 76.0 Å². The van der Waals surface area contributed by atoms with Gasteiger partial charge in [0.25, 0.3) is 0 Å². The highest BCUT2D eigenvalue weighted by molar-refractivity contribution is 7.87. The average Bonchev–Trinajstić information content (AvgIpc) is 2.80. The zero-order valence-corrected chi connectivity index (χ0v) is 20.9. The second-order valence-corrected chi connectivity index (χ2v) is 10.7. The minimum Gasteiger partial charge on any atom is -0.497 e. The van der Waals surface area contributed by atoms with Crippen molar-refractivity contribution in [3.63, 3.8) is 0 Å². The molecule has 0 amide bonds. The van der Waals surface area contributed by atoms with E-state index in [4.69, 9.17) is 13.7 Å². The van der Waals surface area contributed by atoms with Crippen molar-refractivity contribution in [1.82, 2.24) is 4.57 Å². The second-order valence-electron chi connectivity index (χ2n) is 9.17. The molecule has 180 valence electrons. The van der Waals surface area contributed by atoms with Gasteiger partial charge in [0.2, 0.25) is 5.43 Å². The van der Waals surface area contributed by atoms with Gasteiger partial charge in [-0.15, -0.1) is 0 Å². The highest BCUT2D eigenvalue weighted by Gasteiger charge is 2.29. The summed E-state index contributed by atoms with van der Waals surface area (Å²) in [5, 5.41) is 0.536. The highest BCUT2D eigenvalue weighted by atomic mass is 32.2. The van der Waals surface area contributed by atoms with Gasteiger partial charge in [-0.2, -0.15) is 8.42 Å². The van der Waals surface area contributed by atoms with Gasteiger partial charge in [-0.3, -0.25) is 4.79 Å². The molecule has 3 aromatic carbocycles. The maximum absolute atomic E-state index is 13.8. The molecule has 0 fully saturated rings. The number of nitrogens with zero attached hydrogens (tertiary/aromatic N) is 1. The smallest absolute Gasteiger partial charge is 0.339 e. The predicted molar refractivity (Wildman–Crippen MR) is 136 cm³/mol. The van der Waals surface area contributed by atoms with E-state index < -0.39 is 15.7 Å². The number of hydrogen-bond donors (Lipinski definition) is 0. The van der Waals surface area contributed by atoms with Crippen LogP contribution in [0.4, 0.5) is 0 Å². The first-order chi connectivity index (χ1) is 16.5. The van der Waals surface area contributed by atoms with Crippen LogP contribution in [0.15, 0.2) is 64.3 Å². The van der Waals surface area contributed by atoms with Crippen molar-refractivity contribution in [2.24, 2.45) is 7.05 Å². The van der Waals surface area contributed by atoms with Gasteiger partial charge in [-0.1, -0.05) is 17.7 Å². The fourth-order valence-electron chi connectivity index (χ4n) is 4.36. The number of hydrogen-bond acceptors (Lipinski definition) is 6. The standard InChI is InChI=1S/C27H25NO6S/c1-16-6-9-18(10-7-16)35(30,31)34-23-15-22-19(12-13-27(2,3)33-22)25-24(23)26(29)20-14-17(32-5)8-11-21(20)28(25)4/h6-15H,1-5H3. The molecule has 0 radical (unpaired) electrons. The van der Waals surface area contributed by atoms with Crippen molar-refractivity contribution in [1.29, 1.82) is 0 Å². The lowest BCUT2D eigenvalue weighted by Gasteiger charge is -2.29. The van der Waals surface area contributed by atoms with Gasteiger partial charge < -0.3 is 18.2 Å². The number of fused-ring (bicyclic) bond motifs is 4. The Bertz CT molecular complexity index is 1700. The first-order valence-electron chi connectivity index (χ1n) is 11.1. The van der Waals surface area contributed by atoms with Crippen LogP contribution in [0.1, 0.15) is 25.0 Å². The molecule has 5 rings (SSSR count). The summed E-state index contributed by atoms with van der Waals surface area (Å²) in [6, 6.07) is 13.0. The quantitative estimate of drug-likeness (QED) is 0.296. The molecule has 1 aliphatic rings. The summed E-state index contributed by atoms with van der Waals surface area (Å²) in [5.74, 6) is 0.865. The average molecular weight is 492 g/mol. The van der Waals surface area contributed by atoms with Gasteiger partial charge in [-0.05, 0) is 63.3 Å². The Kier molecular flexibility index (Phi) is 5.18. The predicted octanol–water partition coefficient (Wildman–Crippen LogP) is 4.96. The maximum atomic E-state index is 13.8. The largest absolute Gasteiger partial charge is 0.497 e. The SMILES string of the molecule is COc1ccc2c(c1)c(=O)c1c(OS(=O)(=O)c3ccc(C)cc3)cc3c(c1n2C)C=CC(C)(C)O3. The lowest BCUT2D eigenvalue weighted by atomic mass is 9.98. The molecule has 0 unspecified atom stereocenters. The number of rotatable bonds is 4. The van der Waals surface area contributed by atoms with Gasteiger partial charge in [0.15, 0.2) is 5.75 Å². The van der Waals surface area contributed by atoms with E-state index in [2.05, 4.69) is 0 Å². The molecule has 0 saturated carbocycles. The molecule has 1 aromatic heterocycles. The fraction of sp³-hybridized carbons (Fsp3) is 0.222. The molecular formula is C27H25NO6S. The first kappa shape index (κ1) is 23.0. The number of aryl methyl sites for hydroxylation is 2. The van der Waals surface area contributed by atoms with Crippen LogP contribution in [0.3, 0.4) is 0 Å². The van der Waals surface area contributed by atoms with E-state index >= 15 is 0 Å². The van der Waals surface area contributed by atoms with Crippen molar-refractivity contribution in [3.8, 4) is 17.2 Å². The molecule has 1 aliphatic heterocycles. The summed E-state index contributed by atoms with van der Waals surface area (Å²) in [4.78, 5) is 13.8. The third-order valence-corrected chi connectivity index (χ3v) is 7.42. The molecule has 35 heavy (non-hydrogen) atoms. The van der Waals surface area contributed by atoms with Gasteiger partial charge in [0, 0.05) is 18.7 Å². The topological polar surface area (TPSA) is 83.8 Å². The van der Waals surface area contributed by atoms with E-state index in [0.717, 1.165) is 5.56 Å². The monoisotopic (exact) mass is 491 g/mol. The Balaban J connectivity index is 1.86. The Hall–Kier alpha value is -3.78. The summed E-state index contributed by atoms with van der Waals surface area (Å²) in [6.45, 7) is 5.65. The van der Waals surface area contributed by atoms with Crippen LogP contribution in [0.2, 0.25) is 0 Å². The molecule has 4 aromatic rings. The minimum atomic E-state index is -4.22. The third-order valence-electron chi connectivity index (χ3n) is 6.17. The minimum absolute atomic E-state index is 0.00519. The molecule has 2 heterocycles. The molecule has 0 aliphatic carbocycles. The van der Waals surface area contributed by atoms with Crippen LogP contribution in [0, 0.1) is 6.92 Å². The second kappa shape index (κ2) is 7.88. The molecule has 0 saturated heterocycles. The van der Waals surface area contributed by atoms with E-state index in [1.165, 1.54) is 25.3 Å². The van der Waals surface area contributed by atoms with Gasteiger partial charge in [0.1, 0.15) is 22.0 Å². The zero-order chi connectivity index (χ0) is 25.1. The third kappa shape index (κ3) is 3.83. The van der Waals surface area contributed by atoms with E-state index in [-0.39, 0.29) is 21.5 Å². The van der Waals surface area contributed by atoms with Gasteiger partial charge >= 0.3 is 10.1 Å². The summed E-state index contributed by atoms with van der Waals surface area (Å²) in [6.07, 6.45) is 3.80. The van der Waals surface area contributed by atoms with E-state index in [9.17, 15) is 13.2 Å². The molecule has 0 spiro atoms. The molecule has 7 nitrogen and oxygen atoms in total. The summed E-state index contributed by atoms with van der Waals surface area (Å²) in [5.41, 5.74) is 1.81.